The molecule has 1 fully saturated rings. The molecule has 1 N–H and O–H groups in total. The number of anilines is 1. The van der Waals surface area contributed by atoms with Crippen molar-refractivity contribution in [2.45, 2.75) is 19.4 Å². The Labute approximate surface area is 164 Å². The van der Waals surface area contributed by atoms with Gasteiger partial charge in [0.25, 0.3) is 0 Å². The molecular weight excluding hydrogens is 356 g/mol. The van der Waals surface area contributed by atoms with Crippen LogP contribution in [0.15, 0.2) is 66.7 Å². The predicted octanol–water partition coefficient (Wildman–Crippen LogP) is 5.34. The summed E-state index contributed by atoms with van der Waals surface area (Å²) in [5, 5.41) is 6.29. The number of halogens is 1. The molecule has 4 heteroatoms. The SMILES string of the molecule is O=C(Nc1ccc(Cl)cc1)C1CCN(Cc2cccc3ccccc23)CC1. The standard InChI is InChI=1S/C23H23ClN2O/c24-20-8-10-21(11-9-20)25-23(27)18-12-14-26(15-13-18)16-19-6-3-5-17-4-1-2-7-22(17)19/h1-11,18H,12-16H2,(H,25,27). The summed E-state index contributed by atoms with van der Waals surface area (Å²) in [6.07, 6.45) is 1.79. The summed E-state index contributed by atoms with van der Waals surface area (Å²) in [7, 11) is 0. The number of fused-ring (bicyclic) bond motifs is 1. The molecule has 0 radical (unpaired) electrons. The molecule has 1 saturated heterocycles. The molecule has 0 atom stereocenters. The van der Waals surface area contributed by atoms with Crippen LogP contribution >= 0.6 is 11.6 Å². The molecule has 0 aliphatic carbocycles. The Bertz CT molecular complexity index is 925. The lowest BCUT2D eigenvalue weighted by Crippen LogP contribution is -2.37. The van der Waals surface area contributed by atoms with Gasteiger partial charge in [-0.1, -0.05) is 54.1 Å². The van der Waals surface area contributed by atoms with E-state index in [0.717, 1.165) is 38.2 Å². The summed E-state index contributed by atoms with van der Waals surface area (Å²) in [6, 6.07) is 22.3. The summed E-state index contributed by atoms with van der Waals surface area (Å²) in [6.45, 7) is 2.83. The van der Waals surface area contributed by atoms with Gasteiger partial charge in [-0.05, 0) is 66.5 Å². The molecule has 3 aromatic carbocycles. The summed E-state index contributed by atoms with van der Waals surface area (Å²) in [5.74, 6) is 0.187. The highest BCUT2D eigenvalue weighted by Crippen LogP contribution is 2.24. The minimum absolute atomic E-state index is 0.0736. The number of likely N-dealkylation sites (tertiary alicyclic amines) is 1. The van der Waals surface area contributed by atoms with Crippen molar-refractivity contribution in [3.63, 3.8) is 0 Å². The van der Waals surface area contributed by atoms with Crippen LogP contribution < -0.4 is 5.32 Å². The Morgan fingerprint density at radius 2 is 1.67 bits per heavy atom. The lowest BCUT2D eigenvalue weighted by molar-refractivity contribution is -0.121. The molecule has 27 heavy (non-hydrogen) atoms. The van der Waals surface area contributed by atoms with E-state index in [9.17, 15) is 4.79 Å². The van der Waals surface area contributed by atoms with Crippen molar-refractivity contribution in [3.05, 3.63) is 77.3 Å². The molecule has 1 aliphatic heterocycles. The third-order valence-corrected chi connectivity index (χ3v) is 5.60. The molecule has 3 nitrogen and oxygen atoms in total. The van der Waals surface area contributed by atoms with Gasteiger partial charge in [0.2, 0.25) is 5.91 Å². The van der Waals surface area contributed by atoms with Crippen LogP contribution in [0.5, 0.6) is 0 Å². The van der Waals surface area contributed by atoms with Gasteiger partial charge in [0, 0.05) is 23.2 Å². The van der Waals surface area contributed by atoms with Gasteiger partial charge in [-0.15, -0.1) is 0 Å². The van der Waals surface area contributed by atoms with Crippen LogP contribution in [-0.2, 0) is 11.3 Å². The lowest BCUT2D eigenvalue weighted by atomic mass is 9.95. The van der Waals surface area contributed by atoms with Crippen LogP contribution in [0.4, 0.5) is 5.69 Å². The minimum atomic E-state index is 0.0736. The van der Waals surface area contributed by atoms with E-state index in [1.807, 2.05) is 12.1 Å². The monoisotopic (exact) mass is 378 g/mol. The van der Waals surface area contributed by atoms with Gasteiger partial charge >= 0.3 is 0 Å². The molecular formula is C23H23ClN2O. The molecule has 138 valence electrons. The summed E-state index contributed by atoms with van der Waals surface area (Å²) < 4.78 is 0. The zero-order valence-electron chi connectivity index (χ0n) is 15.2. The first-order valence-corrected chi connectivity index (χ1v) is 9.82. The fourth-order valence-corrected chi connectivity index (χ4v) is 3.93. The molecule has 4 rings (SSSR count). The van der Waals surface area contributed by atoms with E-state index >= 15 is 0 Å². The maximum Gasteiger partial charge on any atom is 0.227 e. The van der Waals surface area contributed by atoms with E-state index in [-0.39, 0.29) is 11.8 Å². The van der Waals surface area contributed by atoms with Crippen molar-refractivity contribution in [3.8, 4) is 0 Å². The van der Waals surface area contributed by atoms with Crippen LogP contribution in [-0.4, -0.2) is 23.9 Å². The van der Waals surface area contributed by atoms with Crippen LogP contribution in [0.3, 0.4) is 0 Å². The number of nitrogens with one attached hydrogen (secondary N) is 1. The van der Waals surface area contributed by atoms with Gasteiger partial charge in [0.1, 0.15) is 0 Å². The first kappa shape index (κ1) is 18.0. The van der Waals surface area contributed by atoms with Gasteiger partial charge in [-0.3, -0.25) is 9.69 Å². The molecule has 0 unspecified atom stereocenters. The summed E-state index contributed by atoms with van der Waals surface area (Å²) in [5.41, 5.74) is 2.17. The molecule has 0 aromatic heterocycles. The van der Waals surface area contributed by atoms with Crippen LogP contribution in [0.1, 0.15) is 18.4 Å². The van der Waals surface area contributed by atoms with E-state index < -0.39 is 0 Å². The maximum absolute atomic E-state index is 12.5. The quantitative estimate of drug-likeness (QED) is 0.664. The lowest BCUT2D eigenvalue weighted by Gasteiger charge is -2.31. The minimum Gasteiger partial charge on any atom is -0.326 e. The maximum atomic E-state index is 12.5. The first-order chi connectivity index (χ1) is 13.2. The zero-order chi connectivity index (χ0) is 18.6. The molecule has 3 aromatic rings. The number of benzene rings is 3. The predicted molar refractivity (Wildman–Crippen MR) is 112 cm³/mol. The highest BCUT2D eigenvalue weighted by Gasteiger charge is 2.25. The fourth-order valence-electron chi connectivity index (χ4n) is 3.80. The first-order valence-electron chi connectivity index (χ1n) is 9.44. The highest BCUT2D eigenvalue weighted by atomic mass is 35.5. The second-order valence-electron chi connectivity index (χ2n) is 7.18. The van der Waals surface area contributed by atoms with Crippen molar-refractivity contribution >= 4 is 34.0 Å². The van der Waals surface area contributed by atoms with Crippen LogP contribution in [0, 0.1) is 5.92 Å². The van der Waals surface area contributed by atoms with Crippen molar-refractivity contribution in [2.75, 3.05) is 18.4 Å². The van der Waals surface area contributed by atoms with Gasteiger partial charge in [0.15, 0.2) is 0 Å². The number of carbonyl (C=O) groups is 1. The number of hydrogen-bond donors (Lipinski definition) is 1. The van der Waals surface area contributed by atoms with E-state index in [4.69, 9.17) is 11.6 Å². The van der Waals surface area contributed by atoms with Crippen LogP contribution in [0.25, 0.3) is 10.8 Å². The number of amides is 1. The average Bonchev–Trinajstić information content (AvgIpc) is 2.70. The molecule has 0 spiro atoms. The van der Waals surface area contributed by atoms with Crippen molar-refractivity contribution < 1.29 is 4.79 Å². The average molecular weight is 379 g/mol. The van der Waals surface area contributed by atoms with E-state index in [1.54, 1.807) is 12.1 Å². The highest BCUT2D eigenvalue weighted by molar-refractivity contribution is 6.30. The largest absolute Gasteiger partial charge is 0.326 e. The smallest absolute Gasteiger partial charge is 0.227 e. The fraction of sp³-hybridized carbons (Fsp3) is 0.261. The third kappa shape index (κ3) is 4.32. The topological polar surface area (TPSA) is 32.3 Å². The molecule has 1 heterocycles. The van der Waals surface area contributed by atoms with E-state index in [1.165, 1.54) is 16.3 Å². The van der Waals surface area contributed by atoms with Crippen molar-refractivity contribution in [1.82, 2.24) is 4.90 Å². The van der Waals surface area contributed by atoms with Gasteiger partial charge in [0.05, 0.1) is 0 Å². The number of hydrogen-bond acceptors (Lipinski definition) is 2. The Hall–Kier alpha value is -2.36. The Morgan fingerprint density at radius 3 is 2.44 bits per heavy atom. The Morgan fingerprint density at radius 1 is 0.963 bits per heavy atom. The number of piperidine rings is 1. The molecule has 1 amide bonds. The summed E-state index contributed by atoms with van der Waals surface area (Å²) in [4.78, 5) is 15.0. The van der Waals surface area contributed by atoms with Crippen molar-refractivity contribution in [1.29, 1.82) is 0 Å². The number of carbonyl (C=O) groups excluding carboxylic acids is 1. The molecule has 0 saturated carbocycles. The second-order valence-corrected chi connectivity index (χ2v) is 7.62. The third-order valence-electron chi connectivity index (χ3n) is 5.34. The summed E-state index contributed by atoms with van der Waals surface area (Å²) >= 11 is 5.90. The Balaban J connectivity index is 1.34. The van der Waals surface area contributed by atoms with Crippen molar-refractivity contribution in [2.24, 2.45) is 5.92 Å². The normalized spacial score (nSPS) is 15.7. The zero-order valence-corrected chi connectivity index (χ0v) is 16.0. The Kier molecular flexibility index (Phi) is 5.42. The van der Waals surface area contributed by atoms with Crippen LogP contribution in [0.2, 0.25) is 5.02 Å². The van der Waals surface area contributed by atoms with E-state index in [2.05, 4.69) is 52.7 Å². The number of rotatable bonds is 4. The second kappa shape index (κ2) is 8.12. The number of nitrogens with zero attached hydrogens (tertiary/aromatic N) is 1. The van der Waals surface area contributed by atoms with Gasteiger partial charge in [-0.2, -0.15) is 0 Å². The van der Waals surface area contributed by atoms with Gasteiger partial charge in [-0.25, -0.2) is 0 Å². The molecule has 1 aliphatic rings. The van der Waals surface area contributed by atoms with Gasteiger partial charge < -0.3 is 5.32 Å². The van der Waals surface area contributed by atoms with E-state index in [0.29, 0.717) is 5.02 Å². The molecule has 0 bridgehead atoms.